The molecular weight excluding hydrogens is 318 g/mol. The lowest BCUT2D eigenvalue weighted by atomic mass is 9.95. The minimum absolute atomic E-state index is 1.12. The van der Waals surface area contributed by atoms with E-state index >= 15 is 0 Å². The fourth-order valence-electron chi connectivity index (χ4n) is 3.01. The second-order valence-corrected chi connectivity index (χ2v) is 6.32. The van der Waals surface area contributed by atoms with E-state index in [-0.39, 0.29) is 0 Å². The molecule has 0 atom stereocenters. The van der Waals surface area contributed by atoms with Gasteiger partial charge in [0.05, 0.1) is 6.07 Å². The van der Waals surface area contributed by atoms with Crippen LogP contribution in [0.2, 0.25) is 0 Å². The molecule has 0 aliphatic carbocycles. The molecule has 1 heterocycles. The van der Waals surface area contributed by atoms with E-state index in [4.69, 9.17) is 5.26 Å². The number of anilines is 1. The molecule has 3 rings (SSSR count). The van der Waals surface area contributed by atoms with Crippen LogP contribution in [0.5, 0.6) is 0 Å². The van der Waals surface area contributed by atoms with Crippen LogP contribution in [0.3, 0.4) is 0 Å². The summed E-state index contributed by atoms with van der Waals surface area (Å²) in [4.78, 5) is 4.91. The largest absolute Gasteiger partial charge is 0.369 e. The Balaban J connectivity index is 0.000000615. The molecule has 0 bridgehead atoms. The van der Waals surface area contributed by atoms with Gasteiger partial charge in [0.25, 0.3) is 0 Å². The molecule has 0 unspecified atom stereocenters. The molecule has 0 radical (unpaired) electrons. The number of likely N-dealkylation sites (N-methyl/N-ethyl adjacent to an activating group) is 1. The molecule has 0 saturated carbocycles. The van der Waals surface area contributed by atoms with E-state index in [0.29, 0.717) is 0 Å². The molecule has 26 heavy (non-hydrogen) atoms. The van der Waals surface area contributed by atoms with E-state index in [1.807, 2.05) is 13.8 Å². The van der Waals surface area contributed by atoms with E-state index in [0.717, 1.165) is 26.2 Å². The van der Waals surface area contributed by atoms with Crippen molar-refractivity contribution in [2.75, 3.05) is 38.1 Å². The quantitative estimate of drug-likeness (QED) is 0.737. The Kier molecular flexibility index (Phi) is 9.47. The van der Waals surface area contributed by atoms with Crippen LogP contribution in [0.25, 0.3) is 11.1 Å². The molecule has 1 aliphatic heterocycles. The van der Waals surface area contributed by atoms with E-state index < -0.39 is 0 Å². The number of aryl methyl sites for hydroxylation is 1. The highest BCUT2D eigenvalue weighted by Crippen LogP contribution is 2.31. The highest BCUT2D eigenvalue weighted by Gasteiger charge is 2.16. The van der Waals surface area contributed by atoms with Gasteiger partial charge in [0.1, 0.15) is 0 Å². The number of hydrogen-bond acceptors (Lipinski definition) is 3. The van der Waals surface area contributed by atoms with E-state index in [9.17, 15) is 0 Å². The minimum Gasteiger partial charge on any atom is -0.369 e. The van der Waals surface area contributed by atoms with Gasteiger partial charge in [0.15, 0.2) is 0 Å². The fourth-order valence-corrected chi connectivity index (χ4v) is 3.01. The molecule has 1 aliphatic rings. The molecule has 0 spiro atoms. The van der Waals surface area contributed by atoms with E-state index in [2.05, 4.69) is 73.2 Å². The Morgan fingerprint density at radius 3 is 2.00 bits per heavy atom. The first-order valence-electron chi connectivity index (χ1n) is 9.47. The highest BCUT2D eigenvalue weighted by atomic mass is 15.2. The molecule has 1 saturated heterocycles. The van der Waals surface area contributed by atoms with Crippen LogP contribution < -0.4 is 4.90 Å². The van der Waals surface area contributed by atoms with Gasteiger partial charge < -0.3 is 9.80 Å². The van der Waals surface area contributed by atoms with Crippen LogP contribution in [-0.2, 0) is 0 Å². The summed E-state index contributed by atoms with van der Waals surface area (Å²) in [6.45, 7) is 14.4. The first-order chi connectivity index (χ1) is 12.6. The lowest BCUT2D eigenvalue weighted by molar-refractivity contribution is 0.313. The lowest BCUT2D eigenvalue weighted by Gasteiger charge is -2.34. The van der Waals surface area contributed by atoms with Crippen LogP contribution in [0.1, 0.15) is 31.9 Å². The zero-order chi connectivity index (χ0) is 19.5. The van der Waals surface area contributed by atoms with Gasteiger partial charge in [0, 0.05) is 38.8 Å². The number of piperazine rings is 1. The van der Waals surface area contributed by atoms with Crippen LogP contribution in [0.4, 0.5) is 5.69 Å². The average Bonchev–Trinajstić information content (AvgIpc) is 2.67. The molecule has 140 valence electrons. The van der Waals surface area contributed by atoms with Gasteiger partial charge in [-0.05, 0) is 55.3 Å². The molecule has 3 heteroatoms. The van der Waals surface area contributed by atoms with Gasteiger partial charge in [-0.2, -0.15) is 5.26 Å². The summed E-state index contributed by atoms with van der Waals surface area (Å²) in [6, 6.07) is 17.2. The maximum absolute atomic E-state index is 7.32. The summed E-state index contributed by atoms with van der Waals surface area (Å²) in [5.74, 6) is 0. The smallest absolute Gasteiger partial charge is 0.0587 e. The Morgan fingerprint density at radius 2 is 1.46 bits per heavy atom. The summed E-state index contributed by atoms with van der Waals surface area (Å²) in [5.41, 5.74) is 6.81. The summed E-state index contributed by atoms with van der Waals surface area (Å²) >= 11 is 0. The Hall–Kier alpha value is -2.31. The second-order valence-electron chi connectivity index (χ2n) is 6.32. The molecule has 0 aromatic heterocycles. The van der Waals surface area contributed by atoms with Crippen molar-refractivity contribution in [3.63, 3.8) is 0 Å². The number of nitrogens with zero attached hydrogens (tertiary/aromatic N) is 3. The Morgan fingerprint density at radius 1 is 0.923 bits per heavy atom. The minimum atomic E-state index is 1.12. The number of rotatable bonds is 2. The number of nitriles is 1. The van der Waals surface area contributed by atoms with Crippen molar-refractivity contribution in [3.8, 4) is 17.2 Å². The number of hydrogen-bond donors (Lipinski definition) is 0. The highest BCUT2D eigenvalue weighted by molar-refractivity contribution is 5.73. The van der Waals surface area contributed by atoms with Crippen LogP contribution in [-0.4, -0.2) is 38.1 Å². The molecule has 0 amide bonds. The topological polar surface area (TPSA) is 30.3 Å². The van der Waals surface area contributed by atoms with Crippen LogP contribution in [0, 0.1) is 25.2 Å². The van der Waals surface area contributed by atoms with Crippen molar-refractivity contribution in [2.45, 2.75) is 34.6 Å². The predicted molar refractivity (Wildman–Crippen MR) is 114 cm³/mol. The molecule has 2 aromatic rings. The molecule has 2 aromatic carbocycles. The third-order valence-electron chi connectivity index (χ3n) is 4.61. The fraction of sp³-hybridized carbons (Fsp3) is 0.435. The lowest BCUT2D eigenvalue weighted by Crippen LogP contribution is -2.44. The second kappa shape index (κ2) is 11.3. The van der Waals surface area contributed by atoms with Crippen molar-refractivity contribution >= 4 is 5.69 Å². The Bertz CT molecular complexity index is 693. The maximum atomic E-state index is 7.32. The van der Waals surface area contributed by atoms with Crippen molar-refractivity contribution in [1.82, 2.24) is 4.90 Å². The zero-order valence-corrected chi connectivity index (χ0v) is 17.2. The van der Waals surface area contributed by atoms with Crippen molar-refractivity contribution in [3.05, 3.63) is 53.6 Å². The van der Waals surface area contributed by atoms with Crippen molar-refractivity contribution in [1.29, 1.82) is 5.26 Å². The van der Waals surface area contributed by atoms with Crippen LogP contribution in [0.15, 0.2) is 42.5 Å². The molecule has 3 nitrogen and oxygen atoms in total. The summed E-state index contributed by atoms with van der Waals surface area (Å²) in [7, 11) is 2.20. The summed E-state index contributed by atoms with van der Waals surface area (Å²) < 4.78 is 0. The normalized spacial score (nSPS) is 13.7. The van der Waals surface area contributed by atoms with Crippen molar-refractivity contribution < 1.29 is 0 Å². The average molecular weight is 352 g/mol. The molecule has 1 fully saturated rings. The molecule has 0 N–H and O–H groups in total. The standard InChI is InChI=1S/C19H24N2.C2H3N.C2H6/c1-15-13-18(21-11-9-20(3)10-12-21)14-19(16(15)2)17-7-5-4-6-8-17;1-2-3;1-2/h4-8,13-14H,9-12H2,1-3H3;1H3;1-2H3. The van der Waals surface area contributed by atoms with E-state index in [1.165, 1.54) is 34.9 Å². The van der Waals surface area contributed by atoms with Gasteiger partial charge in [0.2, 0.25) is 0 Å². The monoisotopic (exact) mass is 351 g/mol. The van der Waals surface area contributed by atoms with E-state index in [1.54, 1.807) is 6.07 Å². The Labute approximate surface area is 159 Å². The van der Waals surface area contributed by atoms with Gasteiger partial charge in [-0.15, -0.1) is 0 Å². The SMILES string of the molecule is CC.CC#N.Cc1cc(N2CCN(C)CC2)cc(-c2ccccc2)c1C. The number of benzene rings is 2. The first-order valence-corrected chi connectivity index (χ1v) is 9.47. The van der Waals surface area contributed by atoms with Gasteiger partial charge >= 0.3 is 0 Å². The van der Waals surface area contributed by atoms with Gasteiger partial charge in [-0.3, -0.25) is 0 Å². The first kappa shape index (κ1) is 21.7. The summed E-state index contributed by atoms with van der Waals surface area (Å²) in [6.07, 6.45) is 0. The van der Waals surface area contributed by atoms with Crippen LogP contribution >= 0.6 is 0 Å². The predicted octanol–water partition coefficient (Wildman–Crippen LogP) is 5.28. The third kappa shape index (κ3) is 5.89. The summed E-state index contributed by atoms with van der Waals surface area (Å²) in [5, 5.41) is 7.32. The third-order valence-corrected chi connectivity index (χ3v) is 4.61. The van der Waals surface area contributed by atoms with Crippen molar-refractivity contribution in [2.24, 2.45) is 0 Å². The van der Waals surface area contributed by atoms with Gasteiger partial charge in [-0.1, -0.05) is 44.2 Å². The zero-order valence-electron chi connectivity index (χ0n) is 17.2. The molecular formula is C23H33N3. The van der Waals surface area contributed by atoms with Gasteiger partial charge in [-0.25, -0.2) is 0 Å². The maximum Gasteiger partial charge on any atom is 0.0587 e.